The number of aliphatic hydroxyl groups is 2. The van der Waals surface area contributed by atoms with Gasteiger partial charge in [0, 0.05) is 6.42 Å². The molecule has 298 valence electrons. The van der Waals surface area contributed by atoms with Crippen LogP contribution in [0, 0.1) is 0 Å². The summed E-state index contributed by atoms with van der Waals surface area (Å²) in [6.07, 6.45) is 62.5. The van der Waals surface area contributed by atoms with Crippen LogP contribution in [0.2, 0.25) is 0 Å². The fourth-order valence-corrected chi connectivity index (χ4v) is 6.06. The van der Waals surface area contributed by atoms with Crippen LogP contribution in [0.15, 0.2) is 85.1 Å². The molecule has 0 fully saturated rings. The van der Waals surface area contributed by atoms with E-state index in [0.29, 0.717) is 6.42 Å². The van der Waals surface area contributed by atoms with Crippen LogP contribution in [0.1, 0.15) is 194 Å². The van der Waals surface area contributed by atoms with E-state index in [1.54, 1.807) is 6.08 Å². The number of carbonyl (C=O) groups excluding carboxylic acids is 1. The summed E-state index contributed by atoms with van der Waals surface area (Å²) in [7, 11) is 0. The molecular weight excluding hydrogens is 639 g/mol. The number of unbranched alkanes of at least 4 members (excludes halogenated alkanes) is 19. The highest BCUT2D eigenvalue weighted by Gasteiger charge is 2.17. The van der Waals surface area contributed by atoms with Gasteiger partial charge in [-0.05, 0) is 70.6 Å². The Morgan fingerprint density at radius 2 is 0.846 bits per heavy atom. The minimum absolute atomic E-state index is 0.0775. The maximum Gasteiger partial charge on any atom is 0.220 e. The lowest BCUT2D eigenvalue weighted by molar-refractivity contribution is -0.123. The zero-order valence-corrected chi connectivity index (χ0v) is 34.0. The molecular formula is C48H83NO3. The summed E-state index contributed by atoms with van der Waals surface area (Å²) in [5.74, 6) is -0.0775. The van der Waals surface area contributed by atoms with Gasteiger partial charge < -0.3 is 15.5 Å². The van der Waals surface area contributed by atoms with Crippen molar-refractivity contribution in [1.29, 1.82) is 0 Å². The Labute approximate surface area is 322 Å². The molecule has 1 amide bonds. The van der Waals surface area contributed by atoms with E-state index in [-0.39, 0.29) is 12.5 Å². The van der Waals surface area contributed by atoms with Gasteiger partial charge in [-0.15, -0.1) is 0 Å². The number of hydrogen-bond donors (Lipinski definition) is 3. The first-order valence-corrected chi connectivity index (χ1v) is 21.8. The molecule has 4 heteroatoms. The van der Waals surface area contributed by atoms with Gasteiger partial charge in [-0.1, -0.05) is 202 Å². The van der Waals surface area contributed by atoms with Gasteiger partial charge in [0.1, 0.15) is 0 Å². The Kier molecular flexibility index (Phi) is 41.0. The number of nitrogens with one attached hydrogen (secondary N) is 1. The van der Waals surface area contributed by atoms with Crippen LogP contribution in [0.25, 0.3) is 0 Å². The third kappa shape index (κ3) is 38.8. The number of allylic oxidation sites excluding steroid dienone is 13. The van der Waals surface area contributed by atoms with Gasteiger partial charge in [0.2, 0.25) is 5.91 Å². The molecule has 52 heavy (non-hydrogen) atoms. The summed E-state index contributed by atoms with van der Waals surface area (Å²) in [6, 6.07) is -0.631. The number of carbonyl (C=O) groups is 1. The zero-order valence-electron chi connectivity index (χ0n) is 34.0. The van der Waals surface area contributed by atoms with Gasteiger partial charge in [0.15, 0.2) is 0 Å². The molecule has 0 saturated carbocycles. The molecule has 3 N–H and O–H groups in total. The van der Waals surface area contributed by atoms with Gasteiger partial charge in [-0.3, -0.25) is 4.79 Å². The molecule has 0 spiro atoms. The minimum atomic E-state index is -0.846. The second kappa shape index (κ2) is 43.0. The van der Waals surface area contributed by atoms with Gasteiger partial charge >= 0.3 is 0 Å². The Hall–Kier alpha value is -2.43. The van der Waals surface area contributed by atoms with E-state index in [0.717, 1.165) is 70.6 Å². The van der Waals surface area contributed by atoms with E-state index in [1.807, 2.05) is 6.08 Å². The summed E-state index contributed by atoms with van der Waals surface area (Å²) in [5, 5.41) is 23.0. The van der Waals surface area contributed by atoms with E-state index < -0.39 is 12.1 Å². The summed E-state index contributed by atoms with van der Waals surface area (Å²) in [6.45, 7) is 4.17. The molecule has 0 aliphatic carbocycles. The summed E-state index contributed by atoms with van der Waals surface area (Å²) < 4.78 is 0. The van der Waals surface area contributed by atoms with E-state index >= 15 is 0 Å². The first-order valence-electron chi connectivity index (χ1n) is 21.8. The Bertz CT molecular complexity index is 957. The predicted molar refractivity (Wildman–Crippen MR) is 230 cm³/mol. The Morgan fingerprint density at radius 3 is 1.27 bits per heavy atom. The van der Waals surface area contributed by atoms with E-state index in [1.165, 1.54) is 103 Å². The second-order valence-corrected chi connectivity index (χ2v) is 14.4. The first-order chi connectivity index (χ1) is 25.7. The van der Waals surface area contributed by atoms with Crippen molar-refractivity contribution in [3.63, 3.8) is 0 Å². The zero-order chi connectivity index (χ0) is 37.8. The normalized spacial score (nSPS) is 13.8. The molecule has 0 aromatic carbocycles. The average Bonchev–Trinajstić information content (AvgIpc) is 3.15. The molecule has 0 radical (unpaired) electrons. The maximum absolute atomic E-state index is 12.4. The van der Waals surface area contributed by atoms with E-state index in [9.17, 15) is 15.0 Å². The highest BCUT2D eigenvalue weighted by molar-refractivity contribution is 5.76. The highest BCUT2D eigenvalue weighted by atomic mass is 16.3. The lowest BCUT2D eigenvalue weighted by Gasteiger charge is -2.20. The van der Waals surface area contributed by atoms with E-state index in [4.69, 9.17) is 0 Å². The lowest BCUT2D eigenvalue weighted by atomic mass is 10.0. The molecule has 0 heterocycles. The minimum Gasteiger partial charge on any atom is -0.394 e. The SMILES string of the molecule is CC/C=C\C/C=C\C/C=C\C/C=C\C/C=C\C/C=C\CCCCCCCCCCC(=O)NC(CO)C(O)/C=C/CCCCCCCCCCCCC. The first kappa shape index (κ1) is 49.6. The summed E-state index contributed by atoms with van der Waals surface area (Å²) >= 11 is 0. The smallest absolute Gasteiger partial charge is 0.220 e. The maximum atomic E-state index is 12.4. The topological polar surface area (TPSA) is 69.6 Å². The molecule has 2 unspecified atom stereocenters. The third-order valence-corrected chi connectivity index (χ3v) is 9.38. The Morgan fingerprint density at radius 1 is 0.481 bits per heavy atom. The molecule has 0 saturated heterocycles. The van der Waals surface area contributed by atoms with Crippen molar-refractivity contribution in [1.82, 2.24) is 5.32 Å². The van der Waals surface area contributed by atoms with Crippen molar-refractivity contribution in [2.24, 2.45) is 0 Å². The van der Waals surface area contributed by atoms with Crippen molar-refractivity contribution >= 4 is 5.91 Å². The number of hydrogen-bond acceptors (Lipinski definition) is 3. The van der Waals surface area contributed by atoms with Crippen LogP contribution < -0.4 is 5.32 Å². The van der Waals surface area contributed by atoms with Crippen molar-refractivity contribution in [2.45, 2.75) is 206 Å². The van der Waals surface area contributed by atoms with Crippen LogP contribution >= 0.6 is 0 Å². The molecule has 4 nitrogen and oxygen atoms in total. The van der Waals surface area contributed by atoms with Crippen LogP contribution in [-0.2, 0) is 4.79 Å². The Balaban J connectivity index is 3.64. The standard InChI is InChI=1S/C48H83NO3/c1-3-5-7-9-11-13-15-17-18-19-20-21-22-23-24-25-26-27-28-29-30-32-34-36-38-40-42-44-48(52)49-46(45-50)47(51)43-41-39-37-35-33-31-16-14-12-10-8-6-4-2/h5,7,11,13,17-18,20-21,23-24,26-27,41,43,46-47,50-51H,3-4,6,8-10,12,14-16,19,22,25,28-40,42,44-45H2,1-2H3,(H,49,52)/b7-5-,13-11-,18-17-,21-20-,24-23-,27-26-,43-41+. The highest BCUT2D eigenvalue weighted by Crippen LogP contribution is 2.13. The number of amides is 1. The van der Waals surface area contributed by atoms with Gasteiger partial charge in [-0.2, -0.15) is 0 Å². The molecule has 0 aliphatic heterocycles. The molecule has 0 bridgehead atoms. The molecule has 0 aromatic heterocycles. The second-order valence-electron chi connectivity index (χ2n) is 14.4. The quantitative estimate of drug-likeness (QED) is 0.0439. The van der Waals surface area contributed by atoms with Crippen molar-refractivity contribution in [3.8, 4) is 0 Å². The predicted octanol–water partition coefficient (Wildman–Crippen LogP) is 13.7. The molecule has 0 aliphatic rings. The van der Waals surface area contributed by atoms with E-state index in [2.05, 4.69) is 92.1 Å². The van der Waals surface area contributed by atoms with Crippen molar-refractivity contribution in [3.05, 3.63) is 85.1 Å². The fraction of sp³-hybridized carbons (Fsp3) is 0.688. The summed E-state index contributed by atoms with van der Waals surface area (Å²) in [5.41, 5.74) is 0. The van der Waals surface area contributed by atoms with Crippen LogP contribution in [0.3, 0.4) is 0 Å². The average molecular weight is 722 g/mol. The van der Waals surface area contributed by atoms with Crippen molar-refractivity contribution in [2.75, 3.05) is 6.61 Å². The third-order valence-electron chi connectivity index (χ3n) is 9.38. The van der Waals surface area contributed by atoms with Crippen LogP contribution in [0.5, 0.6) is 0 Å². The molecule has 0 rings (SSSR count). The summed E-state index contributed by atoms with van der Waals surface area (Å²) in [4.78, 5) is 12.4. The van der Waals surface area contributed by atoms with Gasteiger partial charge in [-0.25, -0.2) is 0 Å². The van der Waals surface area contributed by atoms with Gasteiger partial charge in [0.25, 0.3) is 0 Å². The van der Waals surface area contributed by atoms with Crippen LogP contribution in [0.4, 0.5) is 0 Å². The van der Waals surface area contributed by atoms with Crippen LogP contribution in [-0.4, -0.2) is 34.9 Å². The fourth-order valence-electron chi connectivity index (χ4n) is 6.06. The largest absolute Gasteiger partial charge is 0.394 e. The van der Waals surface area contributed by atoms with Crippen molar-refractivity contribution < 1.29 is 15.0 Å². The number of rotatable bonds is 38. The number of aliphatic hydroxyl groups excluding tert-OH is 2. The monoisotopic (exact) mass is 722 g/mol. The van der Waals surface area contributed by atoms with Gasteiger partial charge in [0.05, 0.1) is 18.8 Å². The molecule has 0 aromatic rings. The molecule has 2 atom stereocenters. The lowest BCUT2D eigenvalue weighted by Crippen LogP contribution is -2.45.